The molecule has 168 valence electrons. The van der Waals surface area contributed by atoms with E-state index in [1.54, 1.807) is 4.88 Å². The number of likely N-dealkylation sites (tertiary alicyclic amines) is 1. The molecule has 1 saturated heterocycles. The SMILES string of the molecule is c1cncc(CN(Cc2nc3c(s2)CCCC3)CC2CCCN(C3CCCCC3)C2)c1. The summed E-state index contributed by atoms with van der Waals surface area (Å²) < 4.78 is 0. The molecular formula is C26H38N4S. The Morgan fingerprint density at radius 1 is 1.00 bits per heavy atom. The summed E-state index contributed by atoms with van der Waals surface area (Å²) in [5, 5.41) is 1.33. The van der Waals surface area contributed by atoms with E-state index in [-0.39, 0.29) is 0 Å². The Hall–Kier alpha value is -1.30. The van der Waals surface area contributed by atoms with Crippen molar-refractivity contribution in [3.8, 4) is 0 Å². The second-order valence-corrected chi connectivity index (χ2v) is 11.2. The van der Waals surface area contributed by atoms with E-state index in [0.29, 0.717) is 0 Å². The van der Waals surface area contributed by atoms with E-state index in [9.17, 15) is 0 Å². The first-order chi connectivity index (χ1) is 15.3. The zero-order valence-electron chi connectivity index (χ0n) is 19.0. The number of fused-ring (bicyclic) bond motifs is 1. The number of thiazole rings is 1. The minimum absolute atomic E-state index is 0.780. The van der Waals surface area contributed by atoms with Gasteiger partial charge in [0.25, 0.3) is 0 Å². The van der Waals surface area contributed by atoms with Crippen molar-refractivity contribution in [1.29, 1.82) is 0 Å². The average Bonchev–Trinajstić information content (AvgIpc) is 3.23. The molecule has 3 heterocycles. The summed E-state index contributed by atoms with van der Waals surface area (Å²) in [6.07, 6.45) is 18.9. The molecule has 1 atom stereocenters. The molecule has 5 heteroatoms. The third kappa shape index (κ3) is 5.74. The number of rotatable bonds is 7. The highest BCUT2D eigenvalue weighted by molar-refractivity contribution is 7.11. The second kappa shape index (κ2) is 10.5. The molecule has 0 radical (unpaired) electrons. The van der Waals surface area contributed by atoms with E-state index < -0.39 is 0 Å². The minimum Gasteiger partial charge on any atom is -0.300 e. The van der Waals surface area contributed by atoms with Gasteiger partial charge in [-0.3, -0.25) is 9.88 Å². The second-order valence-electron chi connectivity index (χ2n) is 10.0. The Balaban J connectivity index is 1.26. The topological polar surface area (TPSA) is 32.3 Å². The fourth-order valence-corrected chi connectivity index (χ4v) is 7.19. The fourth-order valence-electron chi connectivity index (χ4n) is 5.99. The highest BCUT2D eigenvalue weighted by Crippen LogP contribution is 2.30. The number of pyridine rings is 1. The van der Waals surface area contributed by atoms with Crippen molar-refractivity contribution in [3.63, 3.8) is 0 Å². The summed E-state index contributed by atoms with van der Waals surface area (Å²) in [7, 11) is 0. The number of hydrogen-bond acceptors (Lipinski definition) is 5. The van der Waals surface area contributed by atoms with Crippen molar-refractivity contribution in [2.45, 2.75) is 89.8 Å². The normalized spacial score (nSPS) is 23.2. The fraction of sp³-hybridized carbons (Fsp3) is 0.692. The van der Waals surface area contributed by atoms with Crippen LogP contribution >= 0.6 is 11.3 Å². The van der Waals surface area contributed by atoms with Crippen LogP contribution in [0.2, 0.25) is 0 Å². The maximum absolute atomic E-state index is 5.06. The van der Waals surface area contributed by atoms with E-state index in [0.717, 1.165) is 25.0 Å². The van der Waals surface area contributed by atoms with Gasteiger partial charge in [0.15, 0.2) is 0 Å². The molecule has 4 nitrogen and oxygen atoms in total. The van der Waals surface area contributed by atoms with Gasteiger partial charge in [0, 0.05) is 42.9 Å². The maximum Gasteiger partial charge on any atom is 0.107 e. The van der Waals surface area contributed by atoms with E-state index in [1.165, 1.54) is 107 Å². The molecule has 2 aromatic rings. The van der Waals surface area contributed by atoms with Gasteiger partial charge in [0.1, 0.15) is 5.01 Å². The molecule has 2 aliphatic carbocycles. The Morgan fingerprint density at radius 3 is 2.74 bits per heavy atom. The predicted molar refractivity (Wildman–Crippen MR) is 128 cm³/mol. The molecule has 0 bridgehead atoms. The lowest BCUT2D eigenvalue weighted by Gasteiger charge is -2.41. The molecule has 5 rings (SSSR count). The van der Waals surface area contributed by atoms with Crippen LogP contribution in [-0.2, 0) is 25.9 Å². The summed E-state index contributed by atoms with van der Waals surface area (Å²) in [5.41, 5.74) is 2.72. The van der Waals surface area contributed by atoms with Gasteiger partial charge in [-0.25, -0.2) is 4.98 Å². The van der Waals surface area contributed by atoms with Crippen LogP contribution in [0.25, 0.3) is 0 Å². The molecule has 31 heavy (non-hydrogen) atoms. The van der Waals surface area contributed by atoms with Crippen LogP contribution in [0.4, 0.5) is 0 Å². The maximum atomic E-state index is 5.06. The molecular weight excluding hydrogens is 400 g/mol. The predicted octanol–water partition coefficient (Wildman–Crippen LogP) is 5.46. The Morgan fingerprint density at radius 2 is 1.90 bits per heavy atom. The van der Waals surface area contributed by atoms with Crippen molar-refractivity contribution in [3.05, 3.63) is 45.7 Å². The van der Waals surface area contributed by atoms with Crippen LogP contribution in [0, 0.1) is 5.92 Å². The molecule has 1 saturated carbocycles. The van der Waals surface area contributed by atoms with Crippen molar-refractivity contribution < 1.29 is 0 Å². The zero-order valence-corrected chi connectivity index (χ0v) is 19.8. The molecule has 1 unspecified atom stereocenters. The number of hydrogen-bond donors (Lipinski definition) is 0. The monoisotopic (exact) mass is 438 g/mol. The quantitative estimate of drug-likeness (QED) is 0.574. The van der Waals surface area contributed by atoms with Crippen LogP contribution in [0.5, 0.6) is 0 Å². The van der Waals surface area contributed by atoms with Gasteiger partial charge >= 0.3 is 0 Å². The van der Waals surface area contributed by atoms with Gasteiger partial charge in [0.2, 0.25) is 0 Å². The lowest BCUT2D eigenvalue weighted by atomic mass is 9.90. The Kier molecular flexibility index (Phi) is 7.33. The van der Waals surface area contributed by atoms with Crippen molar-refractivity contribution in [2.24, 2.45) is 5.92 Å². The van der Waals surface area contributed by atoms with Crippen LogP contribution in [-0.4, -0.2) is 45.4 Å². The number of nitrogens with zero attached hydrogens (tertiary/aromatic N) is 4. The third-order valence-corrected chi connectivity index (χ3v) is 8.68. The number of aromatic nitrogens is 2. The summed E-state index contributed by atoms with van der Waals surface area (Å²) in [5.74, 6) is 0.780. The largest absolute Gasteiger partial charge is 0.300 e. The van der Waals surface area contributed by atoms with Crippen LogP contribution in [0.1, 0.15) is 78.9 Å². The van der Waals surface area contributed by atoms with Crippen LogP contribution in [0.15, 0.2) is 24.5 Å². The molecule has 0 N–H and O–H groups in total. The molecule has 1 aliphatic heterocycles. The molecule has 0 amide bonds. The first kappa shape index (κ1) is 21.5. The minimum atomic E-state index is 0.780. The number of aryl methyl sites for hydroxylation is 2. The molecule has 0 aromatic carbocycles. The summed E-state index contributed by atoms with van der Waals surface area (Å²) in [6, 6.07) is 5.15. The van der Waals surface area contributed by atoms with Crippen molar-refractivity contribution >= 4 is 11.3 Å². The van der Waals surface area contributed by atoms with E-state index in [2.05, 4.69) is 26.9 Å². The highest BCUT2D eigenvalue weighted by atomic mass is 32.1. The number of piperidine rings is 1. The molecule has 2 aromatic heterocycles. The standard InChI is InChI=1S/C26H38N4S/c1-2-10-23(11-3-1)30-15-7-9-22(19-30)18-29(17-21-8-6-14-27-16-21)20-26-28-24-12-4-5-13-25(24)31-26/h6,8,14,16,22-23H,1-5,7,9-13,15,17-20H2. The molecule has 3 aliphatic rings. The first-order valence-corrected chi connectivity index (χ1v) is 13.5. The molecule has 0 spiro atoms. The Bertz CT molecular complexity index is 791. The van der Waals surface area contributed by atoms with Crippen molar-refractivity contribution in [2.75, 3.05) is 19.6 Å². The van der Waals surface area contributed by atoms with E-state index in [4.69, 9.17) is 4.98 Å². The lowest BCUT2D eigenvalue weighted by Crippen LogP contribution is -2.46. The molecule has 2 fully saturated rings. The third-order valence-electron chi connectivity index (χ3n) is 7.54. The summed E-state index contributed by atoms with van der Waals surface area (Å²) in [4.78, 5) is 16.5. The van der Waals surface area contributed by atoms with Crippen LogP contribution < -0.4 is 0 Å². The van der Waals surface area contributed by atoms with Gasteiger partial charge in [-0.2, -0.15) is 0 Å². The Labute approximate surface area is 192 Å². The van der Waals surface area contributed by atoms with Gasteiger partial charge in [-0.1, -0.05) is 25.3 Å². The smallest absolute Gasteiger partial charge is 0.107 e. The van der Waals surface area contributed by atoms with Gasteiger partial charge < -0.3 is 4.90 Å². The van der Waals surface area contributed by atoms with Gasteiger partial charge in [-0.05, 0) is 75.5 Å². The zero-order chi connectivity index (χ0) is 20.9. The lowest BCUT2D eigenvalue weighted by molar-refractivity contribution is 0.0771. The summed E-state index contributed by atoms with van der Waals surface area (Å²) >= 11 is 1.98. The summed E-state index contributed by atoms with van der Waals surface area (Å²) in [6.45, 7) is 5.78. The first-order valence-electron chi connectivity index (χ1n) is 12.7. The van der Waals surface area contributed by atoms with Gasteiger partial charge in [0.05, 0.1) is 12.2 Å². The van der Waals surface area contributed by atoms with E-state index in [1.807, 2.05) is 23.7 Å². The van der Waals surface area contributed by atoms with Gasteiger partial charge in [-0.15, -0.1) is 11.3 Å². The van der Waals surface area contributed by atoms with E-state index >= 15 is 0 Å². The highest BCUT2D eigenvalue weighted by Gasteiger charge is 2.28. The van der Waals surface area contributed by atoms with Crippen LogP contribution in [0.3, 0.4) is 0 Å². The van der Waals surface area contributed by atoms with Crippen molar-refractivity contribution in [1.82, 2.24) is 19.8 Å². The average molecular weight is 439 g/mol.